The lowest BCUT2D eigenvalue weighted by Crippen LogP contribution is -2.03. The van der Waals surface area contributed by atoms with Crippen molar-refractivity contribution in [3.8, 4) is 11.5 Å². The van der Waals surface area contributed by atoms with Gasteiger partial charge in [-0.3, -0.25) is 0 Å². The van der Waals surface area contributed by atoms with Crippen LogP contribution in [0.3, 0.4) is 0 Å². The Morgan fingerprint density at radius 1 is 0.923 bits per heavy atom. The van der Waals surface area contributed by atoms with Crippen molar-refractivity contribution in [2.75, 3.05) is 24.9 Å². The minimum Gasteiger partial charge on any atom is -0.497 e. The van der Waals surface area contributed by atoms with Crippen LogP contribution in [-0.2, 0) is 0 Å². The number of rotatable bonds is 6. The second-order valence-electron chi connectivity index (χ2n) is 5.14. The zero-order chi connectivity index (χ0) is 18.5. The summed E-state index contributed by atoms with van der Waals surface area (Å²) < 4.78 is 10.6. The van der Waals surface area contributed by atoms with E-state index in [1.807, 2.05) is 0 Å². The number of hydrogen-bond donors (Lipinski definition) is 2. The van der Waals surface area contributed by atoms with Gasteiger partial charge in [0.2, 0.25) is 5.95 Å². The lowest BCUT2D eigenvalue weighted by Gasteiger charge is -2.12. The lowest BCUT2D eigenvalue weighted by atomic mass is 10.2. The molecule has 7 nitrogen and oxygen atoms in total. The largest absolute Gasteiger partial charge is 0.497 e. The Morgan fingerprint density at radius 2 is 1.69 bits per heavy atom. The molecule has 0 unspecified atom stereocenters. The summed E-state index contributed by atoms with van der Waals surface area (Å²) in [6, 6.07) is 10.5. The molecule has 26 heavy (non-hydrogen) atoms. The van der Waals surface area contributed by atoms with Crippen molar-refractivity contribution in [1.29, 1.82) is 0 Å². The summed E-state index contributed by atoms with van der Waals surface area (Å²) in [5, 5.41) is 15.1. The molecule has 0 bridgehead atoms. The molecule has 0 aliphatic heterocycles. The molecule has 134 valence electrons. The number of anilines is 4. The molecule has 2 aromatic carbocycles. The van der Waals surface area contributed by atoms with Gasteiger partial charge >= 0.3 is 0 Å². The lowest BCUT2D eigenvalue weighted by molar-refractivity contribution is 0.405. The van der Waals surface area contributed by atoms with Gasteiger partial charge in [0.1, 0.15) is 11.5 Å². The molecular formula is C17H15Cl2N5O2. The SMILES string of the molecule is COc1ccc(OC)c(Nc2cnnc(Nc3cc(Cl)cc(Cl)c3)n2)c1. The zero-order valence-corrected chi connectivity index (χ0v) is 15.5. The zero-order valence-electron chi connectivity index (χ0n) is 14.0. The molecule has 9 heteroatoms. The van der Waals surface area contributed by atoms with Crippen molar-refractivity contribution in [3.63, 3.8) is 0 Å². The number of hydrogen-bond acceptors (Lipinski definition) is 7. The summed E-state index contributed by atoms with van der Waals surface area (Å²) in [5.41, 5.74) is 1.34. The Morgan fingerprint density at radius 3 is 2.38 bits per heavy atom. The van der Waals surface area contributed by atoms with Gasteiger partial charge in [0.15, 0.2) is 5.82 Å². The predicted octanol–water partition coefficient (Wildman–Crippen LogP) is 4.68. The van der Waals surface area contributed by atoms with Crippen molar-refractivity contribution in [2.45, 2.75) is 0 Å². The third kappa shape index (κ3) is 4.44. The molecule has 0 aliphatic rings. The molecule has 1 heterocycles. The Bertz CT molecular complexity index is 903. The fourth-order valence-corrected chi connectivity index (χ4v) is 2.75. The maximum Gasteiger partial charge on any atom is 0.249 e. The molecule has 3 aromatic rings. The first-order valence-corrected chi connectivity index (χ1v) is 8.25. The Kier molecular flexibility index (Phi) is 5.60. The van der Waals surface area contributed by atoms with Crippen LogP contribution in [0.25, 0.3) is 0 Å². The Balaban J connectivity index is 1.83. The van der Waals surface area contributed by atoms with E-state index in [1.54, 1.807) is 50.6 Å². The first-order chi connectivity index (χ1) is 12.6. The molecular weight excluding hydrogens is 377 g/mol. The highest BCUT2D eigenvalue weighted by atomic mass is 35.5. The first-order valence-electron chi connectivity index (χ1n) is 7.49. The fourth-order valence-electron chi connectivity index (χ4n) is 2.22. The second kappa shape index (κ2) is 8.07. The van der Waals surface area contributed by atoms with E-state index in [0.717, 1.165) is 0 Å². The molecule has 0 aliphatic carbocycles. The second-order valence-corrected chi connectivity index (χ2v) is 6.01. The van der Waals surface area contributed by atoms with Gasteiger partial charge in [-0.15, -0.1) is 5.10 Å². The smallest absolute Gasteiger partial charge is 0.249 e. The minimum absolute atomic E-state index is 0.287. The molecule has 2 N–H and O–H groups in total. The van der Waals surface area contributed by atoms with Crippen LogP contribution in [0.1, 0.15) is 0 Å². The monoisotopic (exact) mass is 391 g/mol. The molecule has 3 rings (SSSR count). The van der Waals surface area contributed by atoms with Crippen molar-refractivity contribution in [2.24, 2.45) is 0 Å². The van der Waals surface area contributed by atoms with Gasteiger partial charge in [-0.2, -0.15) is 10.1 Å². The first kappa shape index (κ1) is 18.0. The van der Waals surface area contributed by atoms with Crippen LogP contribution in [0.5, 0.6) is 11.5 Å². The van der Waals surface area contributed by atoms with E-state index in [9.17, 15) is 0 Å². The van der Waals surface area contributed by atoms with E-state index >= 15 is 0 Å². The van der Waals surface area contributed by atoms with Gasteiger partial charge in [-0.05, 0) is 30.3 Å². The number of methoxy groups -OCH3 is 2. The molecule has 0 atom stereocenters. The van der Waals surface area contributed by atoms with Gasteiger partial charge in [0, 0.05) is 21.8 Å². The van der Waals surface area contributed by atoms with Crippen LogP contribution in [0.15, 0.2) is 42.6 Å². The normalized spacial score (nSPS) is 10.3. The van der Waals surface area contributed by atoms with E-state index in [0.29, 0.717) is 38.7 Å². The average Bonchev–Trinajstić information content (AvgIpc) is 2.61. The third-order valence-corrected chi connectivity index (χ3v) is 3.78. The minimum atomic E-state index is 0.287. The molecule has 0 spiro atoms. The number of nitrogens with zero attached hydrogens (tertiary/aromatic N) is 3. The number of benzene rings is 2. The molecule has 0 saturated carbocycles. The van der Waals surface area contributed by atoms with Gasteiger partial charge in [0.25, 0.3) is 0 Å². The summed E-state index contributed by atoms with van der Waals surface area (Å²) >= 11 is 12.0. The summed E-state index contributed by atoms with van der Waals surface area (Å²) in [5.74, 6) is 2.08. The van der Waals surface area contributed by atoms with Gasteiger partial charge in [-0.1, -0.05) is 23.2 Å². The highest BCUT2D eigenvalue weighted by Crippen LogP contribution is 2.31. The number of nitrogens with one attached hydrogen (secondary N) is 2. The van der Waals surface area contributed by atoms with Crippen molar-refractivity contribution >= 4 is 46.3 Å². The molecule has 1 aromatic heterocycles. The third-order valence-electron chi connectivity index (χ3n) is 3.35. The summed E-state index contributed by atoms with van der Waals surface area (Å²) in [6.07, 6.45) is 1.50. The fraction of sp³-hybridized carbons (Fsp3) is 0.118. The number of halogens is 2. The van der Waals surface area contributed by atoms with Crippen molar-refractivity contribution in [3.05, 3.63) is 52.6 Å². The standard InChI is InChI=1S/C17H15Cl2N5O2/c1-25-13-3-4-15(26-2)14(8-13)22-16-9-20-24-17(23-16)21-12-6-10(18)5-11(19)7-12/h3-9H,1-2H3,(H2,21,22,23,24). The summed E-state index contributed by atoms with van der Waals surface area (Å²) in [7, 11) is 3.18. The topological polar surface area (TPSA) is 81.2 Å². The predicted molar refractivity (Wildman–Crippen MR) is 102 cm³/mol. The summed E-state index contributed by atoms with van der Waals surface area (Å²) in [6.45, 7) is 0. The highest BCUT2D eigenvalue weighted by Gasteiger charge is 2.08. The number of ether oxygens (including phenoxy) is 2. The van der Waals surface area contributed by atoms with Crippen molar-refractivity contribution in [1.82, 2.24) is 15.2 Å². The maximum absolute atomic E-state index is 6.00. The van der Waals surface area contributed by atoms with Crippen LogP contribution < -0.4 is 20.1 Å². The number of aromatic nitrogens is 3. The maximum atomic E-state index is 6.00. The van der Waals surface area contributed by atoms with Crippen LogP contribution in [0, 0.1) is 0 Å². The highest BCUT2D eigenvalue weighted by molar-refractivity contribution is 6.35. The van der Waals surface area contributed by atoms with Crippen LogP contribution >= 0.6 is 23.2 Å². The average molecular weight is 392 g/mol. The Hall–Kier alpha value is -2.77. The Labute approximate surface area is 160 Å². The van der Waals surface area contributed by atoms with Crippen LogP contribution in [0.2, 0.25) is 10.0 Å². The van der Waals surface area contributed by atoms with Gasteiger partial charge in [-0.25, -0.2) is 0 Å². The quantitative estimate of drug-likeness (QED) is 0.630. The van der Waals surface area contributed by atoms with Crippen LogP contribution in [0.4, 0.5) is 23.1 Å². The van der Waals surface area contributed by atoms with E-state index in [1.165, 1.54) is 6.20 Å². The van der Waals surface area contributed by atoms with E-state index in [-0.39, 0.29) is 5.95 Å². The van der Waals surface area contributed by atoms with Crippen LogP contribution in [-0.4, -0.2) is 29.4 Å². The van der Waals surface area contributed by atoms with E-state index < -0.39 is 0 Å². The molecule has 0 radical (unpaired) electrons. The van der Waals surface area contributed by atoms with Crippen molar-refractivity contribution < 1.29 is 9.47 Å². The summed E-state index contributed by atoms with van der Waals surface area (Å²) in [4.78, 5) is 4.38. The molecule has 0 fully saturated rings. The molecule has 0 amide bonds. The van der Waals surface area contributed by atoms with Gasteiger partial charge < -0.3 is 20.1 Å². The van der Waals surface area contributed by atoms with E-state index in [4.69, 9.17) is 32.7 Å². The van der Waals surface area contributed by atoms with Gasteiger partial charge in [0.05, 0.1) is 26.1 Å². The van der Waals surface area contributed by atoms with E-state index in [2.05, 4.69) is 25.8 Å². The molecule has 0 saturated heterocycles.